The van der Waals surface area contributed by atoms with Crippen molar-refractivity contribution < 1.29 is 33.3 Å². The summed E-state index contributed by atoms with van der Waals surface area (Å²) >= 11 is 0. The normalized spacial score (nSPS) is 17.4. The summed E-state index contributed by atoms with van der Waals surface area (Å²) in [5.74, 6) is 0.476. The van der Waals surface area contributed by atoms with E-state index in [0.29, 0.717) is 56.0 Å². The average molecular weight is 513 g/mol. The number of carbonyl (C=O) groups excluding carboxylic acids is 2. The number of aromatic nitrogens is 3. The van der Waals surface area contributed by atoms with Crippen molar-refractivity contribution in [2.45, 2.75) is 31.7 Å². The van der Waals surface area contributed by atoms with Crippen molar-refractivity contribution >= 4 is 17.5 Å². The zero-order chi connectivity index (χ0) is 26.2. The van der Waals surface area contributed by atoms with Crippen molar-refractivity contribution in [3.8, 4) is 22.8 Å². The van der Waals surface area contributed by atoms with E-state index in [1.165, 1.54) is 0 Å². The van der Waals surface area contributed by atoms with Crippen LogP contribution in [0, 0.1) is 5.92 Å². The number of nitrogens with zero attached hydrogens (tertiary/aromatic N) is 3. The predicted octanol–water partition coefficient (Wildman–Crippen LogP) is 2.87. The van der Waals surface area contributed by atoms with Gasteiger partial charge in [-0.05, 0) is 49.9 Å². The number of hydrogen-bond donors (Lipinski definition) is 1. The number of esters is 1. The second kappa shape index (κ2) is 12.5. The number of rotatable bonds is 11. The molecule has 0 atom stereocenters. The summed E-state index contributed by atoms with van der Waals surface area (Å²) in [4.78, 5) is 29.6. The van der Waals surface area contributed by atoms with Crippen molar-refractivity contribution in [1.82, 2.24) is 19.9 Å². The first-order valence-corrected chi connectivity index (χ1v) is 12.2. The minimum absolute atomic E-state index is 0.0439. The predicted molar refractivity (Wildman–Crippen MR) is 134 cm³/mol. The van der Waals surface area contributed by atoms with E-state index in [1.54, 1.807) is 38.1 Å². The van der Waals surface area contributed by atoms with E-state index in [-0.39, 0.29) is 36.3 Å². The van der Waals surface area contributed by atoms with Gasteiger partial charge in [0, 0.05) is 31.0 Å². The lowest BCUT2D eigenvalue weighted by molar-refractivity contribution is -0.163. The molecule has 11 heteroatoms. The zero-order valence-electron chi connectivity index (χ0n) is 21.3. The fraction of sp³-hybridized carbons (Fsp3) is 0.462. The highest BCUT2D eigenvalue weighted by molar-refractivity contribution is 5.93. The molecule has 0 unspecified atom stereocenters. The van der Waals surface area contributed by atoms with Crippen LogP contribution in [0.25, 0.3) is 16.9 Å². The molecular weight excluding hydrogens is 480 g/mol. The van der Waals surface area contributed by atoms with E-state index in [9.17, 15) is 9.59 Å². The Morgan fingerprint density at radius 2 is 1.78 bits per heavy atom. The third-order valence-electron chi connectivity index (χ3n) is 6.38. The van der Waals surface area contributed by atoms with Crippen molar-refractivity contribution in [3.05, 3.63) is 42.2 Å². The molecular formula is C26H32N4O7. The molecule has 4 rings (SSSR count). The molecule has 2 aromatic heterocycles. The summed E-state index contributed by atoms with van der Waals surface area (Å²) in [6.45, 7) is 0.741. The number of ether oxygens (including phenoxy) is 5. The van der Waals surface area contributed by atoms with Crippen LogP contribution in [0.1, 0.15) is 36.2 Å². The fourth-order valence-corrected chi connectivity index (χ4v) is 4.37. The summed E-state index contributed by atoms with van der Waals surface area (Å²) < 4.78 is 27.6. The second-order valence-electron chi connectivity index (χ2n) is 8.70. The van der Waals surface area contributed by atoms with Crippen molar-refractivity contribution in [2.75, 3.05) is 41.3 Å². The van der Waals surface area contributed by atoms with Crippen molar-refractivity contribution in [2.24, 2.45) is 5.92 Å². The van der Waals surface area contributed by atoms with Crippen LogP contribution in [0.3, 0.4) is 0 Å². The lowest BCUT2D eigenvalue weighted by Gasteiger charge is -2.27. The topological polar surface area (TPSA) is 123 Å². The summed E-state index contributed by atoms with van der Waals surface area (Å²) in [5, 5.41) is 7.57. The van der Waals surface area contributed by atoms with E-state index in [4.69, 9.17) is 23.7 Å². The van der Waals surface area contributed by atoms with Crippen LogP contribution in [0.15, 0.2) is 36.5 Å². The molecule has 2 heterocycles. The first-order valence-electron chi connectivity index (χ1n) is 12.2. The minimum Gasteiger partial charge on any atom is -0.493 e. The molecule has 1 aromatic carbocycles. The Morgan fingerprint density at radius 1 is 1.00 bits per heavy atom. The maximum absolute atomic E-state index is 13.0. The van der Waals surface area contributed by atoms with E-state index >= 15 is 0 Å². The maximum Gasteiger partial charge on any atom is 0.311 e. The van der Waals surface area contributed by atoms with Gasteiger partial charge in [-0.2, -0.15) is 5.10 Å². The van der Waals surface area contributed by atoms with Crippen LogP contribution in [0.4, 0.5) is 0 Å². The Hall–Kier alpha value is -3.70. The van der Waals surface area contributed by atoms with Crippen LogP contribution in [-0.2, 0) is 19.0 Å². The summed E-state index contributed by atoms with van der Waals surface area (Å²) in [5.41, 5.74) is 2.43. The first-order chi connectivity index (χ1) is 18.0. The van der Waals surface area contributed by atoms with Gasteiger partial charge < -0.3 is 29.0 Å². The van der Waals surface area contributed by atoms with Gasteiger partial charge in [-0.3, -0.25) is 9.59 Å². The van der Waals surface area contributed by atoms with Gasteiger partial charge in [0.2, 0.25) is 0 Å². The van der Waals surface area contributed by atoms with Crippen LogP contribution >= 0.6 is 0 Å². The van der Waals surface area contributed by atoms with Gasteiger partial charge in [0.15, 0.2) is 29.6 Å². The maximum atomic E-state index is 13.0. The molecule has 1 fully saturated rings. The van der Waals surface area contributed by atoms with Gasteiger partial charge in [0.05, 0.1) is 39.0 Å². The molecule has 0 saturated heterocycles. The Bertz CT molecular complexity index is 1220. The Morgan fingerprint density at radius 3 is 2.51 bits per heavy atom. The van der Waals surface area contributed by atoms with Gasteiger partial charge in [-0.1, -0.05) is 0 Å². The molecule has 1 aliphatic carbocycles. The molecule has 0 spiro atoms. The average Bonchev–Trinajstić information content (AvgIpc) is 3.38. The number of carbonyl (C=O) groups is 2. The number of methoxy groups -OCH3 is 3. The van der Waals surface area contributed by atoms with Gasteiger partial charge in [0.1, 0.15) is 0 Å². The molecule has 0 aliphatic heterocycles. The minimum atomic E-state index is -0.277. The smallest absolute Gasteiger partial charge is 0.311 e. The summed E-state index contributed by atoms with van der Waals surface area (Å²) in [7, 11) is 4.74. The second-order valence-corrected chi connectivity index (χ2v) is 8.70. The van der Waals surface area contributed by atoms with Crippen molar-refractivity contribution in [1.29, 1.82) is 0 Å². The van der Waals surface area contributed by atoms with Gasteiger partial charge in [-0.15, -0.1) is 0 Å². The standard InChI is InChI=1S/C26H32N4O7/c1-33-12-13-36-16-37-26(32)17-4-7-19(8-5-17)28-25(31)20-15-24-27-11-10-21(30(24)29-20)18-6-9-22(34-2)23(14-18)35-3/h6,9-11,14-15,17,19H,4-5,7-8,12-13,16H2,1-3H3,(H,28,31). The number of amides is 1. The third kappa shape index (κ3) is 6.36. The largest absolute Gasteiger partial charge is 0.493 e. The molecule has 0 radical (unpaired) electrons. The molecule has 37 heavy (non-hydrogen) atoms. The van der Waals surface area contributed by atoms with E-state index in [1.807, 2.05) is 24.3 Å². The van der Waals surface area contributed by atoms with E-state index in [2.05, 4.69) is 15.4 Å². The number of hydrogen-bond acceptors (Lipinski definition) is 9. The number of nitrogens with one attached hydrogen (secondary N) is 1. The quantitative estimate of drug-likeness (QED) is 0.235. The van der Waals surface area contributed by atoms with Crippen LogP contribution in [0.2, 0.25) is 0 Å². The molecule has 1 amide bonds. The molecule has 0 bridgehead atoms. The molecule has 1 N–H and O–H groups in total. The number of benzene rings is 1. The monoisotopic (exact) mass is 512 g/mol. The molecule has 1 aliphatic rings. The van der Waals surface area contributed by atoms with E-state index in [0.717, 1.165) is 11.3 Å². The fourth-order valence-electron chi connectivity index (χ4n) is 4.37. The SMILES string of the molecule is COCCOCOC(=O)C1CCC(NC(=O)c2cc3nccc(-c4ccc(OC)c(OC)c4)n3n2)CC1. The van der Waals surface area contributed by atoms with Crippen molar-refractivity contribution in [3.63, 3.8) is 0 Å². The molecule has 1 saturated carbocycles. The highest BCUT2D eigenvalue weighted by atomic mass is 16.7. The highest BCUT2D eigenvalue weighted by Crippen LogP contribution is 2.32. The lowest BCUT2D eigenvalue weighted by atomic mass is 9.86. The van der Waals surface area contributed by atoms with Crippen LogP contribution in [0.5, 0.6) is 11.5 Å². The molecule has 11 nitrogen and oxygen atoms in total. The summed E-state index contributed by atoms with van der Waals surface area (Å²) in [6.07, 6.45) is 4.31. The number of fused-ring (bicyclic) bond motifs is 1. The molecule has 3 aromatic rings. The lowest BCUT2D eigenvalue weighted by Crippen LogP contribution is -2.39. The Balaban J connectivity index is 1.37. The van der Waals surface area contributed by atoms with Crippen LogP contribution in [-0.4, -0.2) is 73.9 Å². The first kappa shape index (κ1) is 26.4. The van der Waals surface area contributed by atoms with E-state index < -0.39 is 0 Å². The Kier molecular flexibility index (Phi) is 8.91. The highest BCUT2D eigenvalue weighted by Gasteiger charge is 2.29. The third-order valence-corrected chi connectivity index (χ3v) is 6.38. The Labute approximate surface area is 215 Å². The molecule has 198 valence electrons. The zero-order valence-corrected chi connectivity index (χ0v) is 21.3. The summed E-state index contributed by atoms with van der Waals surface area (Å²) in [6, 6.07) is 9.00. The van der Waals surface area contributed by atoms with Gasteiger partial charge in [0.25, 0.3) is 5.91 Å². The van der Waals surface area contributed by atoms with Crippen LogP contribution < -0.4 is 14.8 Å². The van der Waals surface area contributed by atoms with Gasteiger partial charge in [-0.25, -0.2) is 9.50 Å². The van der Waals surface area contributed by atoms with Gasteiger partial charge >= 0.3 is 5.97 Å².